The molecule has 2 heterocycles. The Morgan fingerprint density at radius 1 is 1.14 bits per heavy atom. The van der Waals surface area contributed by atoms with Gasteiger partial charge in [-0.2, -0.15) is 0 Å². The van der Waals surface area contributed by atoms with E-state index in [1.54, 1.807) is 48.5 Å². The molecule has 0 fully saturated rings. The lowest BCUT2D eigenvalue weighted by Gasteiger charge is -2.16. The lowest BCUT2D eigenvalue weighted by molar-refractivity contribution is 0.0989. The summed E-state index contributed by atoms with van der Waals surface area (Å²) in [4.78, 5) is 31.5. The van der Waals surface area contributed by atoms with Crippen LogP contribution in [0.15, 0.2) is 59.8 Å². The van der Waals surface area contributed by atoms with E-state index in [1.165, 1.54) is 11.8 Å². The summed E-state index contributed by atoms with van der Waals surface area (Å²) >= 11 is 1.40. The van der Waals surface area contributed by atoms with Gasteiger partial charge >= 0.3 is 0 Å². The van der Waals surface area contributed by atoms with Crippen LogP contribution in [0.25, 0.3) is 0 Å². The van der Waals surface area contributed by atoms with Crippen molar-refractivity contribution in [2.24, 2.45) is 0 Å². The fourth-order valence-corrected chi connectivity index (χ4v) is 3.72. The Morgan fingerprint density at radius 3 is 2.72 bits per heavy atom. The summed E-state index contributed by atoms with van der Waals surface area (Å²) in [6, 6.07) is 14.2. The fraction of sp³-hybridized carbons (Fsp3) is 0.136. The molecule has 3 aromatic rings. The summed E-state index contributed by atoms with van der Waals surface area (Å²) in [5, 5.41) is 3.49. The van der Waals surface area contributed by atoms with Crippen LogP contribution in [0.1, 0.15) is 26.3 Å². The highest BCUT2D eigenvalue weighted by Crippen LogP contribution is 2.39. The summed E-state index contributed by atoms with van der Waals surface area (Å²) in [6.45, 7) is 1.96. The number of pyridine rings is 1. The largest absolute Gasteiger partial charge is 0.454 e. The van der Waals surface area contributed by atoms with E-state index in [9.17, 15) is 9.59 Å². The number of nitrogens with one attached hydrogen (secondary N) is 1. The molecule has 2 amide bonds. The van der Waals surface area contributed by atoms with E-state index in [-0.39, 0.29) is 11.8 Å². The summed E-state index contributed by atoms with van der Waals surface area (Å²) in [5.74, 6) is 0.582. The molecule has 0 saturated heterocycles. The van der Waals surface area contributed by atoms with Crippen molar-refractivity contribution in [1.82, 2.24) is 4.98 Å². The van der Waals surface area contributed by atoms with Crippen LogP contribution in [0.2, 0.25) is 0 Å². The van der Waals surface area contributed by atoms with Gasteiger partial charge in [-0.1, -0.05) is 6.07 Å². The van der Waals surface area contributed by atoms with E-state index in [1.807, 2.05) is 31.4 Å². The normalized spacial score (nSPS) is 12.5. The molecular weight excluding hydrogens is 386 g/mol. The van der Waals surface area contributed by atoms with Gasteiger partial charge in [0.25, 0.3) is 11.8 Å². The number of hydrogen-bond acceptors (Lipinski definition) is 5. The van der Waals surface area contributed by atoms with Crippen LogP contribution in [0.5, 0.6) is 11.5 Å². The third-order valence-electron chi connectivity index (χ3n) is 4.68. The molecule has 0 radical (unpaired) electrons. The minimum atomic E-state index is -0.281. The van der Waals surface area contributed by atoms with Gasteiger partial charge in [-0.3, -0.25) is 9.59 Å². The number of ether oxygens (including phenoxy) is 1. The number of carbonyl (C=O) groups excluding carboxylic acids is 2. The van der Waals surface area contributed by atoms with Gasteiger partial charge in [0.1, 0.15) is 10.8 Å². The lowest BCUT2D eigenvalue weighted by Crippen LogP contribution is -2.25. The molecule has 0 aliphatic carbocycles. The Balaban J connectivity index is 1.67. The average Bonchev–Trinajstić information content (AvgIpc) is 2.83. The predicted octanol–water partition coefficient (Wildman–Crippen LogP) is 4.75. The molecule has 146 valence electrons. The molecule has 4 rings (SSSR count). The highest BCUT2D eigenvalue weighted by Gasteiger charge is 2.26. The number of aryl methyl sites for hydroxylation is 1. The topological polar surface area (TPSA) is 71.5 Å². The van der Waals surface area contributed by atoms with Gasteiger partial charge in [0, 0.05) is 18.9 Å². The van der Waals surface area contributed by atoms with Gasteiger partial charge in [0.2, 0.25) is 0 Å². The highest BCUT2D eigenvalue weighted by molar-refractivity contribution is 7.98. The van der Waals surface area contributed by atoms with Crippen molar-refractivity contribution in [1.29, 1.82) is 0 Å². The monoisotopic (exact) mass is 405 g/mol. The summed E-state index contributed by atoms with van der Waals surface area (Å²) < 4.78 is 5.99. The molecule has 0 spiro atoms. The Bertz CT molecular complexity index is 1130. The Morgan fingerprint density at radius 2 is 1.93 bits per heavy atom. The number of thioether (sulfide) groups is 1. The van der Waals surface area contributed by atoms with E-state index < -0.39 is 0 Å². The molecule has 1 N–H and O–H groups in total. The molecule has 7 heteroatoms. The molecule has 0 unspecified atom stereocenters. The summed E-state index contributed by atoms with van der Waals surface area (Å²) in [5.41, 5.74) is 3.12. The lowest BCUT2D eigenvalue weighted by atomic mass is 10.1. The first-order valence-corrected chi connectivity index (χ1v) is 10.2. The van der Waals surface area contributed by atoms with E-state index in [0.717, 1.165) is 5.56 Å². The van der Waals surface area contributed by atoms with Crippen LogP contribution in [-0.4, -0.2) is 30.1 Å². The number of anilines is 2. The first kappa shape index (κ1) is 19.0. The van der Waals surface area contributed by atoms with Crippen molar-refractivity contribution >= 4 is 35.0 Å². The predicted molar refractivity (Wildman–Crippen MR) is 114 cm³/mol. The SMILES string of the molecule is CSc1ncccc1C(=O)Nc1ccc2c(c1)C(=O)N(C)c1cc(C)ccc1O2. The second-order valence-electron chi connectivity index (χ2n) is 6.66. The quantitative estimate of drug-likeness (QED) is 0.637. The number of aromatic nitrogens is 1. The second-order valence-corrected chi connectivity index (χ2v) is 7.46. The van der Waals surface area contributed by atoms with Gasteiger partial charge in [-0.15, -0.1) is 11.8 Å². The number of benzene rings is 2. The third-order valence-corrected chi connectivity index (χ3v) is 5.39. The zero-order chi connectivity index (χ0) is 20.5. The van der Waals surface area contributed by atoms with Gasteiger partial charge in [-0.25, -0.2) is 4.98 Å². The number of carbonyl (C=O) groups is 2. The number of fused-ring (bicyclic) bond motifs is 2. The van der Waals surface area contributed by atoms with Crippen LogP contribution < -0.4 is 15.0 Å². The van der Waals surface area contributed by atoms with Crippen molar-refractivity contribution < 1.29 is 14.3 Å². The Kier molecular flexibility index (Phi) is 4.98. The van der Waals surface area contributed by atoms with Gasteiger partial charge in [0.15, 0.2) is 5.75 Å². The minimum absolute atomic E-state index is 0.202. The number of hydrogen-bond donors (Lipinski definition) is 1. The maximum Gasteiger partial charge on any atom is 0.261 e. The standard InChI is InChI=1S/C22H19N3O3S/c1-13-6-8-19-17(11-13)25(2)22(27)16-12-14(7-9-18(16)28-19)24-20(26)15-5-4-10-23-21(15)29-3/h4-12H,1-3H3,(H,24,26). The Hall–Kier alpha value is -3.32. The van der Waals surface area contributed by atoms with Gasteiger partial charge < -0.3 is 15.0 Å². The first-order chi connectivity index (χ1) is 14.0. The van der Waals surface area contributed by atoms with Crippen molar-refractivity contribution in [3.63, 3.8) is 0 Å². The molecule has 1 aromatic heterocycles. The molecule has 1 aliphatic heterocycles. The summed E-state index contributed by atoms with van der Waals surface area (Å²) in [6.07, 6.45) is 3.52. The first-order valence-electron chi connectivity index (χ1n) is 8.99. The van der Waals surface area contributed by atoms with Crippen LogP contribution in [0.3, 0.4) is 0 Å². The molecule has 0 saturated carbocycles. The molecular formula is C22H19N3O3S. The van der Waals surface area contributed by atoms with Crippen LogP contribution >= 0.6 is 11.8 Å². The average molecular weight is 405 g/mol. The zero-order valence-corrected chi connectivity index (χ0v) is 17.0. The number of amides is 2. The van der Waals surface area contributed by atoms with Crippen LogP contribution in [0, 0.1) is 6.92 Å². The van der Waals surface area contributed by atoms with Crippen molar-refractivity contribution in [2.45, 2.75) is 11.9 Å². The number of nitrogens with zero attached hydrogens (tertiary/aromatic N) is 2. The van der Waals surface area contributed by atoms with E-state index in [2.05, 4.69) is 10.3 Å². The molecule has 1 aliphatic rings. The molecule has 29 heavy (non-hydrogen) atoms. The van der Waals surface area contributed by atoms with Crippen molar-refractivity contribution in [2.75, 3.05) is 23.5 Å². The molecule has 0 bridgehead atoms. The van der Waals surface area contributed by atoms with Crippen LogP contribution in [-0.2, 0) is 0 Å². The third kappa shape index (κ3) is 3.56. The fourth-order valence-electron chi connectivity index (χ4n) is 3.17. The number of rotatable bonds is 3. The highest BCUT2D eigenvalue weighted by atomic mass is 32.2. The van der Waals surface area contributed by atoms with Gasteiger partial charge in [-0.05, 0) is 61.2 Å². The van der Waals surface area contributed by atoms with Crippen LogP contribution in [0.4, 0.5) is 11.4 Å². The van der Waals surface area contributed by atoms with E-state index >= 15 is 0 Å². The maximum absolute atomic E-state index is 13.0. The molecule has 2 aromatic carbocycles. The van der Waals surface area contributed by atoms with Crippen molar-refractivity contribution in [3.8, 4) is 11.5 Å². The molecule has 6 nitrogen and oxygen atoms in total. The van der Waals surface area contributed by atoms with E-state index in [4.69, 9.17) is 4.74 Å². The van der Waals surface area contributed by atoms with Crippen molar-refractivity contribution in [3.05, 3.63) is 71.4 Å². The Labute approximate surface area is 172 Å². The smallest absolute Gasteiger partial charge is 0.261 e. The second kappa shape index (κ2) is 7.60. The summed E-state index contributed by atoms with van der Waals surface area (Å²) in [7, 11) is 1.71. The molecule has 0 atom stereocenters. The van der Waals surface area contributed by atoms with E-state index in [0.29, 0.717) is 39.0 Å². The van der Waals surface area contributed by atoms with Gasteiger partial charge in [0.05, 0.1) is 16.8 Å². The zero-order valence-electron chi connectivity index (χ0n) is 16.2. The minimum Gasteiger partial charge on any atom is -0.454 e. The maximum atomic E-state index is 13.0.